The average molecular weight is 363 g/mol. The van der Waals surface area contributed by atoms with Gasteiger partial charge in [0, 0.05) is 15.7 Å². The topological polar surface area (TPSA) is 34.1 Å². The molecule has 0 atom stereocenters. The fourth-order valence-electron chi connectivity index (χ4n) is 2.31. The zero-order valence-corrected chi connectivity index (χ0v) is 16.9. The molecule has 0 fully saturated rings. The fourth-order valence-corrected chi connectivity index (χ4v) is 5.09. The van der Waals surface area contributed by atoms with Gasteiger partial charge >= 0.3 is 0 Å². The summed E-state index contributed by atoms with van der Waals surface area (Å²) in [5.74, 6) is 0. The highest BCUT2D eigenvalue weighted by atomic mass is 33.1. The van der Waals surface area contributed by atoms with E-state index < -0.39 is 8.87 Å². The standard InChI is InChI=1S/C20H26O2S2/c1-19(2,3)15-7-11-17(12-8-15)23-24(21,22)18-13-9-16(10-14-18)20(4,5)6/h7-14H,1-6H3. The Bertz CT molecular complexity index is 789. The van der Waals surface area contributed by atoms with Crippen LogP contribution in [0.3, 0.4) is 0 Å². The highest BCUT2D eigenvalue weighted by molar-refractivity contribution is 8.72. The van der Waals surface area contributed by atoms with Gasteiger partial charge in [0.15, 0.2) is 0 Å². The molecule has 0 N–H and O–H groups in total. The van der Waals surface area contributed by atoms with Gasteiger partial charge in [-0.1, -0.05) is 65.8 Å². The largest absolute Gasteiger partial charge is 0.234 e. The summed E-state index contributed by atoms with van der Waals surface area (Å²) in [6.45, 7) is 12.8. The van der Waals surface area contributed by atoms with E-state index in [0.29, 0.717) is 4.90 Å². The van der Waals surface area contributed by atoms with Crippen LogP contribution < -0.4 is 0 Å². The van der Waals surface area contributed by atoms with E-state index in [0.717, 1.165) is 21.3 Å². The summed E-state index contributed by atoms with van der Waals surface area (Å²) in [7, 11) is -2.50. The van der Waals surface area contributed by atoms with Gasteiger partial charge in [0.25, 0.3) is 0 Å². The average Bonchev–Trinajstić information content (AvgIpc) is 2.46. The molecular formula is C20H26O2S2. The second-order valence-electron chi connectivity index (χ2n) is 8.09. The number of benzene rings is 2. The van der Waals surface area contributed by atoms with Gasteiger partial charge in [0.1, 0.15) is 0 Å². The summed E-state index contributed by atoms with van der Waals surface area (Å²) in [4.78, 5) is 1.09. The molecule has 0 aliphatic heterocycles. The van der Waals surface area contributed by atoms with Crippen molar-refractivity contribution in [2.45, 2.75) is 62.2 Å². The lowest BCUT2D eigenvalue weighted by atomic mass is 9.87. The highest BCUT2D eigenvalue weighted by Gasteiger charge is 2.20. The summed E-state index contributed by atoms with van der Waals surface area (Å²) >= 11 is 0. The Morgan fingerprint density at radius 1 is 0.667 bits per heavy atom. The molecule has 4 heteroatoms. The van der Waals surface area contributed by atoms with Crippen LogP contribution in [0.4, 0.5) is 0 Å². The maximum atomic E-state index is 12.6. The van der Waals surface area contributed by atoms with Crippen molar-refractivity contribution in [3.63, 3.8) is 0 Å². The Morgan fingerprint density at radius 2 is 1.04 bits per heavy atom. The molecule has 2 rings (SSSR count). The van der Waals surface area contributed by atoms with Gasteiger partial charge in [0.05, 0.1) is 4.90 Å². The molecule has 0 spiro atoms. The first-order valence-electron chi connectivity index (χ1n) is 8.05. The van der Waals surface area contributed by atoms with Gasteiger partial charge in [-0.25, -0.2) is 8.42 Å². The van der Waals surface area contributed by atoms with E-state index in [2.05, 4.69) is 41.5 Å². The van der Waals surface area contributed by atoms with Crippen molar-refractivity contribution in [2.75, 3.05) is 0 Å². The molecule has 0 aliphatic rings. The quantitative estimate of drug-likeness (QED) is 0.651. The monoisotopic (exact) mass is 362 g/mol. The van der Waals surface area contributed by atoms with Crippen molar-refractivity contribution in [1.29, 1.82) is 0 Å². The number of hydrogen-bond donors (Lipinski definition) is 0. The maximum Gasteiger partial charge on any atom is 0.234 e. The van der Waals surface area contributed by atoms with Gasteiger partial charge in [-0.15, -0.1) is 0 Å². The molecule has 0 aromatic heterocycles. The smallest absolute Gasteiger partial charge is 0.212 e. The van der Waals surface area contributed by atoms with E-state index >= 15 is 0 Å². The molecular weight excluding hydrogens is 336 g/mol. The van der Waals surface area contributed by atoms with Crippen LogP contribution in [0, 0.1) is 0 Å². The molecule has 0 saturated heterocycles. The molecule has 24 heavy (non-hydrogen) atoms. The summed E-state index contributed by atoms with van der Waals surface area (Å²) in [6.07, 6.45) is 0. The minimum absolute atomic E-state index is 0.0121. The highest BCUT2D eigenvalue weighted by Crippen LogP contribution is 2.33. The first-order chi connectivity index (χ1) is 10.9. The van der Waals surface area contributed by atoms with Crippen molar-refractivity contribution in [3.8, 4) is 0 Å². The van der Waals surface area contributed by atoms with Crippen LogP contribution in [0.5, 0.6) is 0 Å². The van der Waals surface area contributed by atoms with Gasteiger partial charge in [-0.2, -0.15) is 0 Å². The zero-order valence-electron chi connectivity index (χ0n) is 15.3. The van der Waals surface area contributed by atoms with Gasteiger partial charge < -0.3 is 0 Å². The van der Waals surface area contributed by atoms with Crippen LogP contribution in [0.1, 0.15) is 52.7 Å². The predicted octanol–water partition coefficient (Wildman–Crippen LogP) is 5.76. The lowest BCUT2D eigenvalue weighted by Gasteiger charge is -2.19. The summed E-state index contributed by atoms with van der Waals surface area (Å²) in [5, 5.41) is 0. The molecule has 0 unspecified atom stereocenters. The van der Waals surface area contributed by atoms with Crippen LogP contribution in [0.2, 0.25) is 0 Å². The fraction of sp³-hybridized carbons (Fsp3) is 0.400. The summed E-state index contributed by atoms with van der Waals surface area (Å²) in [6, 6.07) is 15.0. The van der Waals surface area contributed by atoms with E-state index in [4.69, 9.17) is 0 Å². The van der Waals surface area contributed by atoms with E-state index in [-0.39, 0.29) is 10.8 Å². The van der Waals surface area contributed by atoms with Crippen LogP contribution in [-0.2, 0) is 19.7 Å². The number of rotatable bonds is 3. The molecule has 0 aliphatic carbocycles. The second-order valence-corrected chi connectivity index (χ2v) is 11.9. The van der Waals surface area contributed by atoms with Crippen LogP contribution >= 0.6 is 10.8 Å². The van der Waals surface area contributed by atoms with Crippen LogP contribution in [0.15, 0.2) is 58.3 Å². The minimum Gasteiger partial charge on any atom is -0.212 e. The Balaban J connectivity index is 2.22. The molecule has 0 radical (unpaired) electrons. The van der Waals surface area contributed by atoms with Gasteiger partial charge in [-0.3, -0.25) is 0 Å². The molecule has 130 valence electrons. The molecule has 0 bridgehead atoms. The van der Waals surface area contributed by atoms with Crippen molar-refractivity contribution < 1.29 is 8.42 Å². The lowest BCUT2D eigenvalue weighted by Crippen LogP contribution is -2.11. The third-order valence-electron chi connectivity index (χ3n) is 3.94. The lowest BCUT2D eigenvalue weighted by molar-refractivity contribution is 0.588. The van der Waals surface area contributed by atoms with Crippen molar-refractivity contribution >= 4 is 19.7 Å². The molecule has 2 aromatic carbocycles. The molecule has 0 heterocycles. The SMILES string of the molecule is CC(C)(C)c1ccc(SS(=O)(=O)c2ccc(C(C)(C)C)cc2)cc1. The third kappa shape index (κ3) is 4.64. The first kappa shape index (κ1) is 19.1. The predicted molar refractivity (Wildman–Crippen MR) is 103 cm³/mol. The molecule has 0 amide bonds. The van der Waals surface area contributed by atoms with E-state index in [9.17, 15) is 8.42 Å². The maximum absolute atomic E-state index is 12.6. The van der Waals surface area contributed by atoms with Gasteiger partial charge in [-0.05, 0) is 46.2 Å². The van der Waals surface area contributed by atoms with E-state index in [1.54, 1.807) is 12.1 Å². The third-order valence-corrected chi connectivity index (χ3v) is 7.28. The first-order valence-corrected chi connectivity index (χ1v) is 10.9. The Kier molecular flexibility index (Phi) is 5.22. The Labute approximate surface area is 150 Å². The van der Waals surface area contributed by atoms with Crippen LogP contribution in [-0.4, -0.2) is 8.42 Å². The van der Waals surface area contributed by atoms with E-state index in [1.165, 1.54) is 5.56 Å². The zero-order chi connectivity index (χ0) is 18.2. The Hall–Kier alpha value is -1.26. The number of hydrogen-bond acceptors (Lipinski definition) is 3. The van der Waals surface area contributed by atoms with Crippen molar-refractivity contribution in [3.05, 3.63) is 59.7 Å². The molecule has 2 aromatic rings. The van der Waals surface area contributed by atoms with E-state index in [1.807, 2.05) is 36.4 Å². The second kappa shape index (κ2) is 6.57. The summed E-state index contributed by atoms with van der Waals surface area (Å²) < 4.78 is 25.2. The minimum atomic E-state index is -3.41. The van der Waals surface area contributed by atoms with Crippen molar-refractivity contribution in [1.82, 2.24) is 0 Å². The van der Waals surface area contributed by atoms with Gasteiger partial charge in [0.2, 0.25) is 8.87 Å². The van der Waals surface area contributed by atoms with Crippen molar-refractivity contribution in [2.24, 2.45) is 0 Å². The van der Waals surface area contributed by atoms with Crippen LogP contribution in [0.25, 0.3) is 0 Å². The Morgan fingerprint density at radius 3 is 1.42 bits per heavy atom. The molecule has 0 saturated carbocycles. The molecule has 2 nitrogen and oxygen atoms in total. The summed E-state index contributed by atoms with van der Waals surface area (Å²) in [5.41, 5.74) is 2.39. The normalized spacial score (nSPS) is 13.1.